The van der Waals surface area contributed by atoms with Gasteiger partial charge in [0.1, 0.15) is 11.2 Å². The van der Waals surface area contributed by atoms with E-state index in [0.29, 0.717) is 0 Å². The summed E-state index contributed by atoms with van der Waals surface area (Å²) in [4.78, 5) is 1.27. The van der Waals surface area contributed by atoms with Gasteiger partial charge in [0.15, 0.2) is 0 Å². The van der Waals surface area contributed by atoms with Crippen LogP contribution in [0.3, 0.4) is 0 Å². The number of benzene rings is 10. The SMILES string of the molecule is c1ccc(-c2ccccc2-c2cc3c(-c4c5ccccc5c(-c5cccc6c5oc5c7ccccc7ccc65)c5ccccc45)c4c(cc3s2)sc2ccccc24)cc1. The highest BCUT2D eigenvalue weighted by Crippen LogP contribution is 2.53. The van der Waals surface area contributed by atoms with Crippen LogP contribution in [0.4, 0.5) is 0 Å². The van der Waals surface area contributed by atoms with Crippen LogP contribution in [0.1, 0.15) is 0 Å². The minimum Gasteiger partial charge on any atom is -0.455 e. The Labute approximate surface area is 347 Å². The molecule has 0 spiro atoms. The Balaban J connectivity index is 1.16. The van der Waals surface area contributed by atoms with Gasteiger partial charge >= 0.3 is 0 Å². The van der Waals surface area contributed by atoms with E-state index in [9.17, 15) is 0 Å². The molecule has 274 valence electrons. The van der Waals surface area contributed by atoms with Crippen LogP contribution in [0.2, 0.25) is 0 Å². The topological polar surface area (TPSA) is 13.1 Å². The zero-order chi connectivity index (χ0) is 38.6. The first-order valence-electron chi connectivity index (χ1n) is 20.1. The van der Waals surface area contributed by atoms with Crippen molar-refractivity contribution in [3.05, 3.63) is 194 Å². The van der Waals surface area contributed by atoms with Crippen molar-refractivity contribution in [2.75, 3.05) is 0 Å². The number of furan rings is 1. The molecule has 0 saturated heterocycles. The summed E-state index contributed by atoms with van der Waals surface area (Å²) in [6, 6.07) is 71.2. The minimum absolute atomic E-state index is 0.926. The fourth-order valence-corrected chi connectivity index (χ4v) is 12.1. The molecule has 0 bridgehead atoms. The Bertz CT molecular complexity index is 3790. The molecule has 0 amide bonds. The fraction of sp³-hybridized carbons (Fsp3) is 0. The van der Waals surface area contributed by atoms with Crippen LogP contribution in [0.15, 0.2) is 199 Å². The molecule has 0 radical (unpaired) electrons. The van der Waals surface area contributed by atoms with Gasteiger partial charge < -0.3 is 4.42 Å². The number of rotatable bonds is 4. The maximum absolute atomic E-state index is 7.01. The van der Waals surface area contributed by atoms with Gasteiger partial charge in [-0.1, -0.05) is 170 Å². The monoisotopic (exact) mass is 784 g/mol. The van der Waals surface area contributed by atoms with Crippen LogP contribution in [0, 0.1) is 0 Å². The Morgan fingerprint density at radius 2 is 0.898 bits per heavy atom. The molecule has 0 fully saturated rings. The van der Waals surface area contributed by atoms with Crippen molar-refractivity contribution >= 4 is 107 Å². The van der Waals surface area contributed by atoms with E-state index in [-0.39, 0.29) is 0 Å². The lowest BCUT2D eigenvalue weighted by molar-refractivity contribution is 0.674. The fourth-order valence-electron chi connectivity index (χ4n) is 9.76. The standard InChI is InChI=1S/C56H32OS2/c1-2-15-33(16-3-1)35-18-6-7-20-37(35)48-31-46-49(59-48)32-50-53(44-25-12-13-28-47(44)58-50)54(46)52-40-23-10-8-21-38(40)51(39-22-9-11-24-41(39)52)45-27-14-26-42-43-30-29-34-17-4-5-19-36(34)55(43)57-56(42)45/h1-32H. The van der Waals surface area contributed by atoms with E-state index in [2.05, 4.69) is 194 Å². The molecule has 13 rings (SSSR count). The number of thiophene rings is 2. The summed E-state index contributed by atoms with van der Waals surface area (Å²) in [5.41, 5.74) is 10.5. The van der Waals surface area contributed by atoms with E-state index in [1.54, 1.807) is 0 Å². The summed E-state index contributed by atoms with van der Waals surface area (Å²) >= 11 is 3.80. The molecule has 0 atom stereocenters. The first-order chi connectivity index (χ1) is 29.3. The summed E-state index contributed by atoms with van der Waals surface area (Å²) in [7, 11) is 0. The highest BCUT2D eigenvalue weighted by Gasteiger charge is 2.25. The second kappa shape index (κ2) is 12.7. The summed E-state index contributed by atoms with van der Waals surface area (Å²) in [5.74, 6) is 0. The van der Waals surface area contributed by atoms with E-state index in [4.69, 9.17) is 4.42 Å². The van der Waals surface area contributed by atoms with E-state index < -0.39 is 0 Å². The molecule has 1 nitrogen and oxygen atoms in total. The van der Waals surface area contributed by atoms with Crippen LogP contribution in [0.25, 0.3) is 128 Å². The van der Waals surface area contributed by atoms with Gasteiger partial charge in [-0.15, -0.1) is 22.7 Å². The molecule has 59 heavy (non-hydrogen) atoms. The second-order valence-electron chi connectivity index (χ2n) is 15.4. The molecule has 3 heteroatoms. The normalized spacial score (nSPS) is 12.1. The van der Waals surface area contributed by atoms with Gasteiger partial charge in [-0.2, -0.15) is 0 Å². The molecule has 3 heterocycles. The predicted octanol–water partition coefficient (Wildman–Crippen LogP) is 17.3. The van der Waals surface area contributed by atoms with Gasteiger partial charge in [0, 0.05) is 68.0 Å². The average Bonchev–Trinajstić information content (AvgIpc) is 4.02. The molecule has 0 aliphatic heterocycles. The quantitative estimate of drug-likeness (QED) is 0.162. The lowest BCUT2D eigenvalue weighted by Gasteiger charge is -2.19. The van der Waals surface area contributed by atoms with E-state index >= 15 is 0 Å². The molecule has 0 saturated carbocycles. The molecule has 10 aromatic carbocycles. The van der Waals surface area contributed by atoms with Crippen molar-refractivity contribution in [2.24, 2.45) is 0 Å². The van der Waals surface area contributed by atoms with Crippen LogP contribution >= 0.6 is 22.7 Å². The Kier molecular flexibility index (Phi) is 7.12. The Morgan fingerprint density at radius 3 is 1.68 bits per heavy atom. The van der Waals surface area contributed by atoms with Crippen LogP contribution < -0.4 is 0 Å². The van der Waals surface area contributed by atoms with Gasteiger partial charge in [-0.3, -0.25) is 0 Å². The third-order valence-electron chi connectivity index (χ3n) is 12.3. The molecule has 13 aromatic rings. The summed E-state index contributed by atoms with van der Waals surface area (Å²) in [6.07, 6.45) is 0. The Hall–Kier alpha value is -7.04. The summed E-state index contributed by atoms with van der Waals surface area (Å²) in [5, 5.41) is 13.4. The van der Waals surface area contributed by atoms with E-state index in [0.717, 1.165) is 32.9 Å². The van der Waals surface area contributed by atoms with Crippen LogP contribution in [0.5, 0.6) is 0 Å². The maximum Gasteiger partial charge on any atom is 0.143 e. The van der Waals surface area contributed by atoms with Crippen molar-refractivity contribution in [3.63, 3.8) is 0 Å². The van der Waals surface area contributed by atoms with Gasteiger partial charge in [-0.25, -0.2) is 0 Å². The molecule has 0 aliphatic rings. The lowest BCUT2D eigenvalue weighted by Crippen LogP contribution is -1.92. The van der Waals surface area contributed by atoms with Gasteiger partial charge in [0.25, 0.3) is 0 Å². The molecule has 0 unspecified atom stereocenters. The lowest BCUT2D eigenvalue weighted by atomic mass is 9.83. The highest BCUT2D eigenvalue weighted by atomic mass is 32.1. The maximum atomic E-state index is 7.01. The minimum atomic E-state index is 0.926. The van der Waals surface area contributed by atoms with E-state index in [1.165, 1.54) is 95.4 Å². The number of hydrogen-bond donors (Lipinski definition) is 0. The zero-order valence-corrected chi connectivity index (χ0v) is 33.3. The first kappa shape index (κ1) is 33.0. The van der Waals surface area contributed by atoms with Crippen molar-refractivity contribution in [1.82, 2.24) is 0 Å². The predicted molar refractivity (Wildman–Crippen MR) is 256 cm³/mol. The molecule has 3 aromatic heterocycles. The van der Waals surface area contributed by atoms with Gasteiger partial charge in [-0.05, 0) is 73.5 Å². The number of para-hydroxylation sites is 1. The molecule has 0 aliphatic carbocycles. The molecular formula is C56H32OS2. The number of hydrogen-bond acceptors (Lipinski definition) is 3. The third-order valence-corrected chi connectivity index (χ3v) is 14.5. The van der Waals surface area contributed by atoms with Crippen molar-refractivity contribution < 1.29 is 4.42 Å². The molecular weight excluding hydrogens is 753 g/mol. The van der Waals surface area contributed by atoms with Crippen LogP contribution in [-0.2, 0) is 0 Å². The van der Waals surface area contributed by atoms with E-state index in [1.807, 2.05) is 22.7 Å². The average molecular weight is 785 g/mol. The summed E-state index contributed by atoms with van der Waals surface area (Å²) in [6.45, 7) is 0. The largest absolute Gasteiger partial charge is 0.455 e. The highest BCUT2D eigenvalue weighted by molar-refractivity contribution is 7.27. The molecule has 0 N–H and O–H groups in total. The van der Waals surface area contributed by atoms with Crippen LogP contribution in [-0.4, -0.2) is 0 Å². The number of fused-ring (bicyclic) bond motifs is 11. The zero-order valence-electron chi connectivity index (χ0n) is 31.7. The van der Waals surface area contributed by atoms with Crippen molar-refractivity contribution in [1.29, 1.82) is 0 Å². The van der Waals surface area contributed by atoms with Gasteiger partial charge in [0.05, 0.1) is 0 Å². The van der Waals surface area contributed by atoms with Crippen molar-refractivity contribution in [2.45, 2.75) is 0 Å². The van der Waals surface area contributed by atoms with Crippen molar-refractivity contribution in [3.8, 4) is 43.8 Å². The summed E-state index contributed by atoms with van der Waals surface area (Å²) < 4.78 is 10.9. The smallest absolute Gasteiger partial charge is 0.143 e. The second-order valence-corrected chi connectivity index (χ2v) is 17.6. The Morgan fingerprint density at radius 1 is 0.305 bits per heavy atom. The third kappa shape index (κ3) is 4.83. The van der Waals surface area contributed by atoms with Gasteiger partial charge in [0.2, 0.25) is 0 Å². The first-order valence-corrected chi connectivity index (χ1v) is 21.7.